The van der Waals surface area contributed by atoms with Gasteiger partial charge in [0.15, 0.2) is 5.60 Å². The molecule has 3 heteroatoms. The van der Waals surface area contributed by atoms with Crippen LogP contribution >= 0.6 is 0 Å². The van der Waals surface area contributed by atoms with Crippen molar-refractivity contribution in [3.8, 4) is 0 Å². The number of aliphatic imine (C=N–C) groups is 1. The van der Waals surface area contributed by atoms with Crippen molar-refractivity contribution in [3.63, 3.8) is 0 Å². The van der Waals surface area contributed by atoms with Gasteiger partial charge in [-0.3, -0.25) is 4.99 Å². The molecule has 0 radical (unpaired) electrons. The van der Waals surface area contributed by atoms with Gasteiger partial charge in [0.25, 0.3) is 0 Å². The van der Waals surface area contributed by atoms with E-state index in [-0.39, 0.29) is 12.0 Å². The summed E-state index contributed by atoms with van der Waals surface area (Å²) in [6.45, 7) is 8.66. The molecule has 0 aromatic rings. The van der Waals surface area contributed by atoms with E-state index >= 15 is 0 Å². The maximum absolute atomic E-state index is 11.9. The van der Waals surface area contributed by atoms with Crippen LogP contribution in [0.4, 0.5) is 0 Å². The highest BCUT2D eigenvalue weighted by atomic mass is 16.6. The summed E-state index contributed by atoms with van der Waals surface area (Å²) < 4.78 is 5.80. The summed E-state index contributed by atoms with van der Waals surface area (Å²) in [7, 11) is 0. The van der Waals surface area contributed by atoms with Crippen LogP contribution in [0.3, 0.4) is 0 Å². The Bertz CT molecular complexity index is 412. The van der Waals surface area contributed by atoms with Gasteiger partial charge in [-0.15, -0.1) is 0 Å². The van der Waals surface area contributed by atoms with Crippen LogP contribution in [0.1, 0.15) is 47.0 Å². The molecule has 0 saturated heterocycles. The zero-order valence-electron chi connectivity index (χ0n) is 11.1. The lowest BCUT2D eigenvalue weighted by molar-refractivity contribution is -0.187. The number of esters is 1. The molecule has 0 amide bonds. The minimum atomic E-state index is -0.416. The van der Waals surface area contributed by atoms with Crippen LogP contribution in [0.25, 0.3) is 0 Å². The quantitative estimate of drug-likeness (QED) is 0.655. The smallest absolute Gasteiger partial charge is 0.331 e. The number of rotatable bonds is 1. The van der Waals surface area contributed by atoms with Crippen molar-refractivity contribution in [2.45, 2.75) is 58.6 Å². The van der Waals surface area contributed by atoms with Gasteiger partial charge in [-0.05, 0) is 37.5 Å². The summed E-state index contributed by atoms with van der Waals surface area (Å²) >= 11 is 0. The van der Waals surface area contributed by atoms with Gasteiger partial charge >= 0.3 is 5.97 Å². The van der Waals surface area contributed by atoms with Crippen LogP contribution in [0.15, 0.2) is 4.99 Å². The normalized spacial score (nSPS) is 46.5. The molecule has 0 aromatic heterocycles. The SMILES string of the molecule is CCC1N=C2CC3CC(C2(C)OC1=O)C3(C)C. The Labute approximate surface area is 103 Å². The lowest BCUT2D eigenvalue weighted by Gasteiger charge is -2.64. The van der Waals surface area contributed by atoms with Gasteiger partial charge in [0.2, 0.25) is 0 Å². The Hall–Kier alpha value is -0.860. The topological polar surface area (TPSA) is 38.7 Å². The van der Waals surface area contributed by atoms with Crippen molar-refractivity contribution in [3.05, 3.63) is 0 Å². The molecule has 3 fully saturated rings. The predicted octanol–water partition coefficient (Wildman–Crippen LogP) is 2.59. The second-order valence-electron chi connectivity index (χ2n) is 6.54. The summed E-state index contributed by atoms with van der Waals surface area (Å²) in [6, 6.07) is -0.251. The van der Waals surface area contributed by atoms with Crippen LogP contribution in [0, 0.1) is 17.3 Å². The minimum absolute atomic E-state index is 0.125. The largest absolute Gasteiger partial charge is 0.451 e. The fraction of sp³-hybridized carbons (Fsp3) is 0.857. The van der Waals surface area contributed by atoms with Gasteiger partial charge in [-0.25, -0.2) is 4.79 Å². The third-order valence-corrected chi connectivity index (χ3v) is 5.43. The lowest BCUT2D eigenvalue weighted by atomic mass is 9.43. The Balaban J connectivity index is 2.00. The van der Waals surface area contributed by atoms with Crippen molar-refractivity contribution < 1.29 is 9.53 Å². The zero-order valence-corrected chi connectivity index (χ0v) is 11.1. The summed E-state index contributed by atoms with van der Waals surface area (Å²) in [6.07, 6.45) is 2.95. The number of nitrogens with zero attached hydrogens (tertiary/aromatic N) is 1. The number of ether oxygens (including phenoxy) is 1. The maximum atomic E-state index is 11.9. The van der Waals surface area contributed by atoms with Gasteiger partial charge in [-0.2, -0.15) is 0 Å². The van der Waals surface area contributed by atoms with Crippen molar-refractivity contribution in [2.24, 2.45) is 22.2 Å². The molecule has 4 unspecified atom stereocenters. The van der Waals surface area contributed by atoms with Crippen molar-refractivity contribution in [1.82, 2.24) is 0 Å². The Morgan fingerprint density at radius 2 is 2.12 bits per heavy atom. The van der Waals surface area contributed by atoms with Crippen LogP contribution in [0.5, 0.6) is 0 Å². The van der Waals surface area contributed by atoms with Crippen molar-refractivity contribution >= 4 is 11.7 Å². The number of hydrogen-bond acceptors (Lipinski definition) is 3. The molecule has 0 N–H and O–H groups in total. The molecule has 4 atom stereocenters. The van der Waals surface area contributed by atoms with E-state index < -0.39 is 5.60 Å². The summed E-state index contributed by atoms with van der Waals surface area (Å²) in [5.41, 5.74) is 1.03. The molecule has 4 aliphatic rings. The van der Waals surface area contributed by atoms with E-state index in [1.54, 1.807) is 0 Å². The first kappa shape index (κ1) is 11.2. The second kappa shape index (κ2) is 3.12. The number of carbonyl (C=O) groups excluding carboxylic acids is 1. The highest BCUT2D eigenvalue weighted by molar-refractivity contribution is 6.00. The molecule has 1 aliphatic heterocycles. The molecule has 1 heterocycles. The van der Waals surface area contributed by atoms with Crippen molar-refractivity contribution in [2.75, 3.05) is 0 Å². The van der Waals surface area contributed by atoms with E-state index in [9.17, 15) is 4.79 Å². The summed E-state index contributed by atoms with van der Waals surface area (Å²) in [5.74, 6) is 1.06. The highest BCUT2D eigenvalue weighted by Crippen LogP contribution is 2.63. The van der Waals surface area contributed by atoms with Gasteiger partial charge in [-0.1, -0.05) is 20.8 Å². The first-order valence-electron chi connectivity index (χ1n) is 6.69. The second-order valence-corrected chi connectivity index (χ2v) is 6.54. The third kappa shape index (κ3) is 1.23. The van der Waals surface area contributed by atoms with E-state index in [0.717, 1.165) is 24.5 Å². The van der Waals surface area contributed by atoms with Crippen LogP contribution in [-0.2, 0) is 9.53 Å². The first-order valence-corrected chi connectivity index (χ1v) is 6.69. The monoisotopic (exact) mass is 235 g/mol. The van der Waals surface area contributed by atoms with E-state index in [4.69, 9.17) is 4.74 Å². The third-order valence-electron chi connectivity index (χ3n) is 5.43. The van der Waals surface area contributed by atoms with E-state index in [1.807, 2.05) is 6.92 Å². The first-order chi connectivity index (χ1) is 7.89. The maximum Gasteiger partial charge on any atom is 0.331 e. The van der Waals surface area contributed by atoms with Crippen LogP contribution in [0.2, 0.25) is 0 Å². The molecular formula is C14H21NO2. The van der Waals surface area contributed by atoms with Crippen molar-refractivity contribution in [1.29, 1.82) is 0 Å². The average molecular weight is 235 g/mol. The fourth-order valence-electron chi connectivity index (χ4n) is 4.02. The Morgan fingerprint density at radius 3 is 2.71 bits per heavy atom. The molecule has 17 heavy (non-hydrogen) atoms. The summed E-state index contributed by atoms with van der Waals surface area (Å²) in [5, 5.41) is 0. The molecule has 3 nitrogen and oxygen atoms in total. The lowest BCUT2D eigenvalue weighted by Crippen LogP contribution is -2.68. The predicted molar refractivity (Wildman–Crippen MR) is 66.0 cm³/mol. The Morgan fingerprint density at radius 1 is 1.41 bits per heavy atom. The number of carbonyl (C=O) groups is 1. The standard InChI is InChI=1S/C14H21NO2/c1-5-9-12(16)17-14(4)10-6-8(13(10,2)3)7-11(14)15-9/h8-10H,5-7H2,1-4H3. The molecule has 3 aliphatic carbocycles. The van der Waals surface area contributed by atoms with Gasteiger partial charge in [0.1, 0.15) is 6.04 Å². The molecule has 2 bridgehead atoms. The van der Waals surface area contributed by atoms with Gasteiger partial charge < -0.3 is 4.74 Å². The molecular weight excluding hydrogens is 214 g/mol. The highest BCUT2D eigenvalue weighted by Gasteiger charge is 2.65. The van der Waals surface area contributed by atoms with Crippen LogP contribution < -0.4 is 0 Å². The summed E-state index contributed by atoms with van der Waals surface area (Å²) in [4.78, 5) is 16.6. The molecule has 4 rings (SSSR count). The molecule has 0 spiro atoms. The van der Waals surface area contributed by atoms with E-state index in [0.29, 0.717) is 11.3 Å². The Kier molecular flexibility index (Phi) is 2.06. The minimum Gasteiger partial charge on any atom is -0.451 e. The zero-order chi connectivity index (χ0) is 12.4. The fourth-order valence-corrected chi connectivity index (χ4v) is 4.02. The van der Waals surface area contributed by atoms with E-state index in [2.05, 4.69) is 25.8 Å². The molecule has 0 aromatic carbocycles. The molecule has 94 valence electrons. The van der Waals surface area contributed by atoms with Gasteiger partial charge in [0.05, 0.1) is 5.71 Å². The van der Waals surface area contributed by atoms with Crippen LogP contribution in [-0.4, -0.2) is 23.3 Å². The van der Waals surface area contributed by atoms with Gasteiger partial charge in [0, 0.05) is 5.92 Å². The number of hydrogen-bond donors (Lipinski definition) is 0. The average Bonchev–Trinajstić information content (AvgIpc) is 2.25. The molecule has 3 saturated carbocycles. The van der Waals surface area contributed by atoms with E-state index in [1.165, 1.54) is 6.42 Å².